The van der Waals surface area contributed by atoms with Crippen molar-refractivity contribution in [1.29, 1.82) is 0 Å². The van der Waals surface area contributed by atoms with Gasteiger partial charge in [0.2, 0.25) is 5.28 Å². The first kappa shape index (κ1) is 16.3. The number of anilines is 1. The van der Waals surface area contributed by atoms with E-state index in [4.69, 9.17) is 21.4 Å². The summed E-state index contributed by atoms with van der Waals surface area (Å²) in [7, 11) is 0. The molecule has 3 N–H and O–H groups in total. The molecule has 1 aliphatic heterocycles. The number of fused-ring (bicyclic) bond motifs is 1. The summed E-state index contributed by atoms with van der Waals surface area (Å²) in [6.45, 7) is 2.19. The molecule has 3 heterocycles. The second-order valence-electron chi connectivity index (χ2n) is 5.27. The maximum atomic E-state index is 14.3. The lowest BCUT2D eigenvalue weighted by molar-refractivity contribution is -0.0459. The largest absolute Gasteiger partial charge is 0.394 e. The highest BCUT2D eigenvalue weighted by atomic mass is 35.5. The molecule has 1 fully saturated rings. The van der Waals surface area contributed by atoms with E-state index in [0.29, 0.717) is 23.5 Å². The molecule has 0 saturated carbocycles. The molecule has 0 aliphatic carbocycles. The van der Waals surface area contributed by atoms with Gasteiger partial charge in [-0.2, -0.15) is 9.97 Å². The summed E-state index contributed by atoms with van der Waals surface area (Å²) in [5.41, 5.74) is 0.725. The number of hydrogen-bond donors (Lipinski definition) is 3. The van der Waals surface area contributed by atoms with Crippen LogP contribution in [0.1, 0.15) is 19.6 Å². The fourth-order valence-corrected chi connectivity index (χ4v) is 2.69. The highest BCUT2D eigenvalue weighted by Gasteiger charge is 2.45. The van der Waals surface area contributed by atoms with Gasteiger partial charge in [0.15, 0.2) is 29.4 Å². The summed E-state index contributed by atoms with van der Waals surface area (Å²) in [5.74, 6) is 0.452. The number of aliphatic hydroxyl groups is 2. The Labute approximate surface area is 136 Å². The number of nitrogens with zero attached hydrogens (tertiary/aromatic N) is 4. The van der Waals surface area contributed by atoms with Gasteiger partial charge in [-0.3, -0.25) is 4.57 Å². The molecule has 0 aromatic carbocycles. The summed E-state index contributed by atoms with van der Waals surface area (Å²) in [6, 6.07) is 0. The predicted octanol–water partition coefficient (Wildman–Crippen LogP) is 0.890. The molecule has 0 amide bonds. The zero-order valence-electron chi connectivity index (χ0n) is 12.4. The smallest absolute Gasteiger partial charge is 0.226 e. The van der Waals surface area contributed by atoms with Gasteiger partial charge in [-0.25, -0.2) is 9.37 Å². The van der Waals surface area contributed by atoms with Crippen molar-refractivity contribution in [2.45, 2.75) is 38.0 Å². The van der Waals surface area contributed by atoms with E-state index >= 15 is 0 Å². The third kappa shape index (κ3) is 2.85. The quantitative estimate of drug-likeness (QED) is 0.691. The average Bonchev–Trinajstić information content (AvgIpc) is 3.07. The van der Waals surface area contributed by atoms with E-state index < -0.39 is 31.2 Å². The molecule has 10 heteroatoms. The fraction of sp³-hybridized carbons (Fsp3) is 0.615. The van der Waals surface area contributed by atoms with Gasteiger partial charge in [0.1, 0.15) is 12.2 Å². The maximum Gasteiger partial charge on any atom is 0.226 e. The van der Waals surface area contributed by atoms with E-state index in [0.717, 1.165) is 6.42 Å². The third-order valence-electron chi connectivity index (χ3n) is 3.68. The number of nitrogens with one attached hydrogen (secondary N) is 1. The van der Waals surface area contributed by atoms with Gasteiger partial charge in [0.05, 0.1) is 12.9 Å². The van der Waals surface area contributed by atoms with E-state index in [2.05, 4.69) is 20.3 Å². The van der Waals surface area contributed by atoms with E-state index in [9.17, 15) is 9.50 Å². The van der Waals surface area contributed by atoms with Crippen LogP contribution in [0.25, 0.3) is 11.2 Å². The van der Waals surface area contributed by atoms with Crippen molar-refractivity contribution in [2.24, 2.45) is 0 Å². The molecular formula is C13H17ClFN5O3. The van der Waals surface area contributed by atoms with Gasteiger partial charge < -0.3 is 20.3 Å². The Morgan fingerprint density at radius 3 is 2.91 bits per heavy atom. The minimum Gasteiger partial charge on any atom is -0.394 e. The lowest BCUT2D eigenvalue weighted by Gasteiger charge is -2.15. The third-order valence-corrected chi connectivity index (χ3v) is 3.85. The molecule has 0 radical (unpaired) electrons. The number of ether oxygens (including phenoxy) is 1. The van der Waals surface area contributed by atoms with Gasteiger partial charge in [0.25, 0.3) is 0 Å². The lowest BCUT2D eigenvalue weighted by Crippen LogP contribution is -2.30. The van der Waals surface area contributed by atoms with Crippen LogP contribution in [0.5, 0.6) is 0 Å². The SMILES string of the molecule is CCCNc1nc(Cl)nc2c1ncn2[C@@H]1OC(CO)C(O)[C@@H]1F. The molecule has 126 valence electrons. The summed E-state index contributed by atoms with van der Waals surface area (Å²) in [5, 5.41) is 22.0. The van der Waals surface area contributed by atoms with Crippen LogP contribution in [0.3, 0.4) is 0 Å². The van der Waals surface area contributed by atoms with Crippen LogP contribution in [-0.2, 0) is 4.74 Å². The number of aromatic nitrogens is 4. The van der Waals surface area contributed by atoms with Gasteiger partial charge in [-0.05, 0) is 18.0 Å². The highest BCUT2D eigenvalue weighted by molar-refractivity contribution is 6.28. The average molecular weight is 346 g/mol. The lowest BCUT2D eigenvalue weighted by atomic mass is 10.1. The molecule has 2 aromatic heterocycles. The molecule has 23 heavy (non-hydrogen) atoms. The van der Waals surface area contributed by atoms with E-state index in [-0.39, 0.29) is 5.28 Å². The molecule has 0 spiro atoms. The Hall–Kier alpha value is -1.55. The summed E-state index contributed by atoms with van der Waals surface area (Å²) in [4.78, 5) is 12.4. The van der Waals surface area contributed by atoms with Crippen LogP contribution >= 0.6 is 11.6 Å². The Kier molecular flexibility index (Phi) is 4.62. The molecular weight excluding hydrogens is 329 g/mol. The van der Waals surface area contributed by atoms with Crippen LogP contribution in [-0.4, -0.2) is 61.3 Å². The first-order chi connectivity index (χ1) is 11.1. The van der Waals surface area contributed by atoms with Crippen LogP contribution in [0.15, 0.2) is 6.33 Å². The van der Waals surface area contributed by atoms with Crippen LogP contribution in [0.4, 0.5) is 10.2 Å². The molecule has 2 aromatic rings. The van der Waals surface area contributed by atoms with Gasteiger partial charge in [-0.15, -0.1) is 0 Å². The number of hydrogen-bond acceptors (Lipinski definition) is 7. The van der Waals surface area contributed by atoms with Crippen molar-refractivity contribution in [2.75, 3.05) is 18.5 Å². The summed E-state index contributed by atoms with van der Waals surface area (Å²) in [6.07, 6.45) is -3.04. The van der Waals surface area contributed by atoms with Crippen LogP contribution in [0, 0.1) is 0 Å². The van der Waals surface area contributed by atoms with E-state index in [1.807, 2.05) is 6.92 Å². The second kappa shape index (κ2) is 6.52. The minimum atomic E-state index is -1.72. The van der Waals surface area contributed by atoms with Gasteiger partial charge in [-0.1, -0.05) is 6.92 Å². The van der Waals surface area contributed by atoms with Crippen LogP contribution in [0.2, 0.25) is 5.28 Å². The van der Waals surface area contributed by atoms with Gasteiger partial charge in [0, 0.05) is 6.54 Å². The predicted molar refractivity (Wildman–Crippen MR) is 81.0 cm³/mol. The zero-order chi connectivity index (χ0) is 16.6. The number of rotatable bonds is 5. The van der Waals surface area contributed by atoms with E-state index in [1.54, 1.807) is 0 Å². The van der Waals surface area contributed by atoms with Crippen molar-refractivity contribution >= 4 is 28.6 Å². The van der Waals surface area contributed by atoms with Gasteiger partial charge >= 0.3 is 0 Å². The fourth-order valence-electron chi connectivity index (χ4n) is 2.52. The summed E-state index contributed by atoms with van der Waals surface area (Å²) >= 11 is 5.93. The van der Waals surface area contributed by atoms with Crippen molar-refractivity contribution in [3.8, 4) is 0 Å². The first-order valence-corrected chi connectivity index (χ1v) is 7.67. The standard InChI is InChI=1S/C13H17ClFN5O3/c1-2-3-16-10-8-11(19-13(14)18-10)20(5-17-8)12-7(15)9(22)6(4-21)23-12/h5-7,9,12,21-22H,2-4H2,1H3,(H,16,18,19)/t6?,7-,9?,12+/m0/s1. The van der Waals surface area contributed by atoms with Crippen molar-refractivity contribution in [3.63, 3.8) is 0 Å². The molecule has 3 rings (SSSR count). The topological polar surface area (TPSA) is 105 Å². The van der Waals surface area contributed by atoms with Crippen molar-refractivity contribution in [3.05, 3.63) is 11.6 Å². The van der Waals surface area contributed by atoms with E-state index in [1.165, 1.54) is 10.9 Å². The molecule has 4 atom stereocenters. The second-order valence-corrected chi connectivity index (χ2v) is 5.61. The Morgan fingerprint density at radius 1 is 1.48 bits per heavy atom. The Balaban J connectivity index is 2.01. The molecule has 2 unspecified atom stereocenters. The number of halogens is 2. The Morgan fingerprint density at radius 2 is 2.26 bits per heavy atom. The first-order valence-electron chi connectivity index (χ1n) is 7.29. The highest BCUT2D eigenvalue weighted by Crippen LogP contribution is 2.34. The molecule has 0 bridgehead atoms. The van der Waals surface area contributed by atoms with Crippen molar-refractivity contribution < 1.29 is 19.3 Å². The zero-order valence-corrected chi connectivity index (χ0v) is 13.1. The normalized spacial score (nSPS) is 27.7. The number of alkyl halides is 1. The van der Waals surface area contributed by atoms with Crippen LogP contribution < -0.4 is 5.32 Å². The molecule has 1 saturated heterocycles. The van der Waals surface area contributed by atoms with Crippen molar-refractivity contribution in [1.82, 2.24) is 19.5 Å². The number of aliphatic hydroxyl groups excluding tert-OH is 2. The summed E-state index contributed by atoms with van der Waals surface area (Å²) < 4.78 is 21.0. The Bertz CT molecular complexity index is 700. The number of imidazole rings is 1. The molecule has 1 aliphatic rings. The maximum absolute atomic E-state index is 14.3. The molecule has 8 nitrogen and oxygen atoms in total. The monoisotopic (exact) mass is 345 g/mol. The minimum absolute atomic E-state index is 0.00878.